The number of hydrogen-bond acceptors (Lipinski definition) is 5. The molecular formula is C16H17F3N4OS. The van der Waals surface area contributed by atoms with E-state index in [0.717, 1.165) is 35.4 Å². The zero-order chi connectivity index (χ0) is 18.4. The van der Waals surface area contributed by atoms with Gasteiger partial charge in [-0.25, -0.2) is 9.97 Å². The molecule has 0 unspecified atom stereocenters. The Morgan fingerprint density at radius 3 is 2.60 bits per heavy atom. The molecule has 2 aromatic rings. The van der Waals surface area contributed by atoms with Crippen LogP contribution >= 0.6 is 11.8 Å². The van der Waals surface area contributed by atoms with Crippen molar-refractivity contribution in [3.05, 3.63) is 47.8 Å². The third-order valence-corrected chi connectivity index (χ3v) is 4.12. The molecule has 2 rings (SSSR count). The number of nitrogens with zero attached hydrogens (tertiary/aromatic N) is 3. The summed E-state index contributed by atoms with van der Waals surface area (Å²) in [6.45, 7) is 0.350. The molecule has 2 aromatic heterocycles. The minimum absolute atomic E-state index is 0.0734. The highest BCUT2D eigenvalue weighted by atomic mass is 32.2. The number of hydrogen-bond donors (Lipinski definition) is 1. The number of amides is 1. The van der Waals surface area contributed by atoms with Crippen LogP contribution in [0.25, 0.3) is 0 Å². The fourth-order valence-corrected chi connectivity index (χ4v) is 2.51. The van der Waals surface area contributed by atoms with E-state index in [1.807, 2.05) is 25.1 Å². The van der Waals surface area contributed by atoms with Crippen molar-refractivity contribution in [1.82, 2.24) is 15.3 Å². The van der Waals surface area contributed by atoms with Gasteiger partial charge in [0.15, 0.2) is 0 Å². The number of pyridine rings is 2. The predicted molar refractivity (Wildman–Crippen MR) is 90.4 cm³/mol. The van der Waals surface area contributed by atoms with E-state index in [2.05, 4.69) is 15.3 Å². The van der Waals surface area contributed by atoms with Gasteiger partial charge in [-0.15, -0.1) is 0 Å². The summed E-state index contributed by atoms with van der Waals surface area (Å²) < 4.78 is 37.4. The summed E-state index contributed by atoms with van der Waals surface area (Å²) >= 11 is 1.08. The van der Waals surface area contributed by atoms with Crippen LogP contribution in [-0.4, -0.2) is 35.7 Å². The number of anilines is 1. The SMILES string of the molecule is CN(C)c1cc(CNC(=O)CSc2ccc(C(F)(F)F)cn2)ccn1. The lowest BCUT2D eigenvalue weighted by Crippen LogP contribution is -2.24. The van der Waals surface area contributed by atoms with Crippen LogP contribution in [0.1, 0.15) is 11.1 Å². The summed E-state index contributed by atoms with van der Waals surface area (Å²) in [5, 5.41) is 3.12. The molecule has 25 heavy (non-hydrogen) atoms. The van der Waals surface area contributed by atoms with Crippen molar-refractivity contribution in [3.8, 4) is 0 Å². The largest absolute Gasteiger partial charge is 0.417 e. The van der Waals surface area contributed by atoms with Crippen LogP contribution in [0.2, 0.25) is 0 Å². The molecule has 0 atom stereocenters. The van der Waals surface area contributed by atoms with E-state index in [1.54, 1.807) is 12.3 Å². The van der Waals surface area contributed by atoms with Crippen molar-refractivity contribution in [2.75, 3.05) is 24.7 Å². The highest BCUT2D eigenvalue weighted by Crippen LogP contribution is 2.29. The monoisotopic (exact) mass is 370 g/mol. The van der Waals surface area contributed by atoms with Crippen molar-refractivity contribution >= 4 is 23.5 Å². The molecule has 0 spiro atoms. The summed E-state index contributed by atoms with van der Waals surface area (Å²) in [7, 11) is 3.75. The molecule has 0 fully saturated rings. The summed E-state index contributed by atoms with van der Waals surface area (Å²) in [5.41, 5.74) is 0.0976. The van der Waals surface area contributed by atoms with Gasteiger partial charge in [-0.2, -0.15) is 13.2 Å². The molecule has 0 saturated carbocycles. The zero-order valence-corrected chi connectivity index (χ0v) is 14.5. The third-order valence-electron chi connectivity index (χ3n) is 3.17. The zero-order valence-electron chi connectivity index (χ0n) is 13.7. The number of nitrogens with one attached hydrogen (secondary N) is 1. The van der Waals surface area contributed by atoms with Gasteiger partial charge < -0.3 is 10.2 Å². The number of carbonyl (C=O) groups is 1. The second-order valence-corrected chi connectivity index (χ2v) is 6.36. The number of thioether (sulfide) groups is 1. The molecule has 134 valence electrons. The summed E-state index contributed by atoms with van der Waals surface area (Å²) in [6, 6.07) is 5.88. The van der Waals surface area contributed by atoms with Gasteiger partial charge in [0, 0.05) is 33.0 Å². The molecular weight excluding hydrogens is 353 g/mol. The number of rotatable bonds is 6. The molecule has 9 heteroatoms. The number of carbonyl (C=O) groups excluding carboxylic acids is 1. The second-order valence-electron chi connectivity index (χ2n) is 5.36. The molecule has 0 aromatic carbocycles. The lowest BCUT2D eigenvalue weighted by molar-refractivity contribution is -0.137. The molecule has 2 heterocycles. The molecule has 0 bridgehead atoms. The van der Waals surface area contributed by atoms with E-state index < -0.39 is 11.7 Å². The van der Waals surface area contributed by atoms with Crippen LogP contribution in [0.4, 0.5) is 19.0 Å². The van der Waals surface area contributed by atoms with Gasteiger partial charge in [0.2, 0.25) is 5.91 Å². The Morgan fingerprint density at radius 2 is 2.00 bits per heavy atom. The van der Waals surface area contributed by atoms with Crippen molar-refractivity contribution in [2.24, 2.45) is 0 Å². The highest BCUT2D eigenvalue weighted by Gasteiger charge is 2.30. The average Bonchev–Trinajstić information content (AvgIpc) is 2.58. The van der Waals surface area contributed by atoms with Gasteiger partial charge in [-0.3, -0.25) is 4.79 Å². The van der Waals surface area contributed by atoms with E-state index in [0.29, 0.717) is 11.6 Å². The standard InChI is InChI=1S/C16H17F3N4OS/c1-23(2)13-7-11(5-6-20-13)8-21-14(24)10-25-15-4-3-12(9-22-15)16(17,18)19/h3-7,9H,8,10H2,1-2H3,(H,21,24). The molecule has 0 radical (unpaired) electrons. The van der Waals surface area contributed by atoms with Crippen LogP contribution in [0.3, 0.4) is 0 Å². The van der Waals surface area contributed by atoms with Crippen molar-refractivity contribution in [1.29, 1.82) is 0 Å². The number of halogens is 3. The van der Waals surface area contributed by atoms with Crippen molar-refractivity contribution < 1.29 is 18.0 Å². The van der Waals surface area contributed by atoms with Gasteiger partial charge in [-0.1, -0.05) is 11.8 Å². The van der Waals surface area contributed by atoms with E-state index in [9.17, 15) is 18.0 Å². The first kappa shape index (κ1) is 19.0. The van der Waals surface area contributed by atoms with Gasteiger partial charge in [-0.05, 0) is 29.8 Å². The molecule has 0 saturated heterocycles. The smallest absolute Gasteiger partial charge is 0.363 e. The van der Waals surface area contributed by atoms with Gasteiger partial charge in [0.05, 0.1) is 16.3 Å². The molecule has 1 N–H and O–H groups in total. The normalized spacial score (nSPS) is 11.2. The molecule has 0 aliphatic carbocycles. The topological polar surface area (TPSA) is 58.1 Å². The minimum Gasteiger partial charge on any atom is -0.363 e. The number of aromatic nitrogens is 2. The Bertz CT molecular complexity index is 720. The van der Waals surface area contributed by atoms with E-state index >= 15 is 0 Å². The Balaban J connectivity index is 1.82. The van der Waals surface area contributed by atoms with Crippen LogP contribution in [0, 0.1) is 0 Å². The Morgan fingerprint density at radius 1 is 1.24 bits per heavy atom. The van der Waals surface area contributed by atoms with Crippen LogP contribution < -0.4 is 10.2 Å². The number of alkyl halides is 3. The molecule has 0 aliphatic heterocycles. The lowest BCUT2D eigenvalue weighted by atomic mass is 10.2. The van der Waals surface area contributed by atoms with Crippen molar-refractivity contribution in [3.63, 3.8) is 0 Å². The van der Waals surface area contributed by atoms with Gasteiger partial charge >= 0.3 is 6.18 Å². The Kier molecular flexibility index (Phi) is 6.24. The van der Waals surface area contributed by atoms with E-state index in [1.165, 1.54) is 6.07 Å². The predicted octanol–water partition coefficient (Wildman–Crippen LogP) is 2.97. The van der Waals surface area contributed by atoms with Crippen molar-refractivity contribution in [2.45, 2.75) is 17.7 Å². The first-order chi connectivity index (χ1) is 11.8. The van der Waals surface area contributed by atoms with Gasteiger partial charge in [0.25, 0.3) is 0 Å². The Labute approximate surface area is 147 Å². The summed E-state index contributed by atoms with van der Waals surface area (Å²) in [5.74, 6) is 0.634. The second kappa shape index (κ2) is 8.19. The fourth-order valence-electron chi connectivity index (χ4n) is 1.84. The van der Waals surface area contributed by atoms with Crippen LogP contribution in [0.5, 0.6) is 0 Å². The fraction of sp³-hybridized carbons (Fsp3) is 0.312. The van der Waals surface area contributed by atoms with Crippen LogP contribution in [0.15, 0.2) is 41.7 Å². The first-order valence-corrected chi connectivity index (χ1v) is 8.29. The Hall–Kier alpha value is -2.29. The lowest BCUT2D eigenvalue weighted by Gasteiger charge is -2.12. The molecule has 0 aliphatic rings. The maximum Gasteiger partial charge on any atom is 0.417 e. The third kappa shape index (κ3) is 5.93. The van der Waals surface area contributed by atoms with Crippen LogP contribution in [-0.2, 0) is 17.5 Å². The quantitative estimate of drug-likeness (QED) is 0.793. The van der Waals surface area contributed by atoms with Gasteiger partial charge in [0.1, 0.15) is 5.82 Å². The summed E-state index contributed by atoms with van der Waals surface area (Å²) in [6.07, 6.45) is -1.98. The molecule has 1 amide bonds. The summed E-state index contributed by atoms with van der Waals surface area (Å²) in [4.78, 5) is 21.6. The minimum atomic E-state index is -4.41. The highest BCUT2D eigenvalue weighted by molar-refractivity contribution is 7.99. The maximum absolute atomic E-state index is 12.5. The van der Waals surface area contributed by atoms with E-state index in [4.69, 9.17) is 0 Å². The van der Waals surface area contributed by atoms with E-state index in [-0.39, 0.29) is 11.7 Å². The average molecular weight is 370 g/mol. The molecule has 5 nitrogen and oxygen atoms in total. The maximum atomic E-state index is 12.5. The first-order valence-electron chi connectivity index (χ1n) is 7.30.